The van der Waals surface area contributed by atoms with Gasteiger partial charge in [-0.1, -0.05) is 12.1 Å². The number of benzene rings is 1. The van der Waals surface area contributed by atoms with E-state index in [1.807, 2.05) is 25.1 Å². The second-order valence-corrected chi connectivity index (χ2v) is 6.81. The minimum atomic E-state index is -0.00719. The van der Waals surface area contributed by atoms with E-state index in [2.05, 4.69) is 15.6 Å². The Balaban J connectivity index is 0.00000392. The number of para-hydroxylation sites is 1. The van der Waals surface area contributed by atoms with Crippen LogP contribution in [0.1, 0.15) is 38.2 Å². The van der Waals surface area contributed by atoms with E-state index < -0.39 is 0 Å². The molecule has 1 fully saturated rings. The first-order valence-corrected chi connectivity index (χ1v) is 9.60. The van der Waals surface area contributed by atoms with Gasteiger partial charge in [0, 0.05) is 26.2 Å². The van der Waals surface area contributed by atoms with Crippen molar-refractivity contribution in [2.75, 3.05) is 34.3 Å². The molecule has 1 aromatic carbocycles. The summed E-state index contributed by atoms with van der Waals surface area (Å²) < 4.78 is 11.8. The number of amides is 1. The van der Waals surface area contributed by atoms with Crippen LogP contribution in [-0.2, 0) is 11.3 Å². The first kappa shape index (κ1) is 24.3. The fraction of sp³-hybridized carbons (Fsp3) is 0.600. The number of methoxy groups -OCH3 is 1. The number of ether oxygens (including phenoxy) is 2. The van der Waals surface area contributed by atoms with Crippen LogP contribution in [0.4, 0.5) is 0 Å². The Labute approximate surface area is 185 Å². The highest BCUT2D eigenvalue weighted by Crippen LogP contribution is 2.35. The molecule has 0 aliphatic heterocycles. The van der Waals surface area contributed by atoms with Gasteiger partial charge in [-0.15, -0.1) is 24.0 Å². The van der Waals surface area contributed by atoms with E-state index in [9.17, 15) is 4.79 Å². The van der Waals surface area contributed by atoms with E-state index in [-0.39, 0.29) is 42.5 Å². The Morgan fingerprint density at radius 2 is 1.96 bits per heavy atom. The van der Waals surface area contributed by atoms with Crippen LogP contribution in [0.15, 0.2) is 23.2 Å². The van der Waals surface area contributed by atoms with Crippen LogP contribution < -0.4 is 20.1 Å². The van der Waals surface area contributed by atoms with E-state index in [4.69, 9.17) is 9.47 Å². The average molecular weight is 504 g/mol. The van der Waals surface area contributed by atoms with Gasteiger partial charge in [0.2, 0.25) is 5.91 Å². The smallest absolute Gasteiger partial charge is 0.241 e. The maximum Gasteiger partial charge on any atom is 0.241 e. The zero-order valence-corrected chi connectivity index (χ0v) is 19.6. The van der Waals surface area contributed by atoms with Crippen LogP contribution in [0.2, 0.25) is 0 Å². The summed E-state index contributed by atoms with van der Waals surface area (Å²) in [4.78, 5) is 18.0. The number of carbonyl (C=O) groups is 1. The molecule has 0 aromatic heterocycles. The van der Waals surface area contributed by atoms with Crippen molar-refractivity contribution >= 4 is 35.8 Å². The second-order valence-electron chi connectivity index (χ2n) is 6.81. The van der Waals surface area contributed by atoms with Gasteiger partial charge in [0.15, 0.2) is 17.5 Å². The van der Waals surface area contributed by atoms with Gasteiger partial charge in [0.1, 0.15) is 0 Å². The zero-order valence-electron chi connectivity index (χ0n) is 17.3. The molecule has 2 N–H and O–H groups in total. The molecule has 0 radical (unpaired) electrons. The molecular weight excluding hydrogens is 471 g/mol. The molecule has 1 saturated carbocycles. The van der Waals surface area contributed by atoms with Crippen LogP contribution in [0, 0.1) is 0 Å². The van der Waals surface area contributed by atoms with Gasteiger partial charge in [0.25, 0.3) is 0 Å². The van der Waals surface area contributed by atoms with Crippen molar-refractivity contribution in [1.82, 2.24) is 15.5 Å². The number of hydrogen-bond donors (Lipinski definition) is 2. The number of aliphatic imine (C=N–C) groups is 1. The summed E-state index contributed by atoms with van der Waals surface area (Å²) in [5.41, 5.74) is 0.970. The molecule has 0 unspecified atom stereocenters. The molecule has 158 valence electrons. The van der Waals surface area contributed by atoms with Crippen molar-refractivity contribution in [3.8, 4) is 11.5 Å². The molecule has 1 aliphatic rings. The predicted octanol–water partition coefficient (Wildman–Crippen LogP) is 2.78. The van der Waals surface area contributed by atoms with E-state index >= 15 is 0 Å². The molecule has 28 heavy (non-hydrogen) atoms. The minimum absolute atomic E-state index is 0. The van der Waals surface area contributed by atoms with Crippen molar-refractivity contribution < 1.29 is 14.3 Å². The fourth-order valence-corrected chi connectivity index (χ4v) is 2.98. The van der Waals surface area contributed by atoms with Crippen molar-refractivity contribution in [1.29, 1.82) is 0 Å². The molecule has 0 atom stereocenters. The second kappa shape index (κ2) is 12.7. The van der Waals surface area contributed by atoms with Gasteiger partial charge in [-0.3, -0.25) is 4.79 Å². The zero-order chi connectivity index (χ0) is 19.6. The molecule has 2 rings (SSSR count). The number of rotatable bonds is 8. The van der Waals surface area contributed by atoms with Crippen LogP contribution in [0.5, 0.6) is 11.5 Å². The minimum Gasteiger partial charge on any atom is -0.493 e. The topological polar surface area (TPSA) is 75.2 Å². The number of nitrogens with one attached hydrogen (secondary N) is 2. The highest BCUT2D eigenvalue weighted by molar-refractivity contribution is 14.0. The van der Waals surface area contributed by atoms with Gasteiger partial charge in [0.05, 0.1) is 26.3 Å². The quantitative estimate of drug-likeness (QED) is 0.324. The SMILES string of the molecule is CCNC(=NCc1cccc(OC)c1OC1CCCC1)NCC(=O)N(C)C.I. The van der Waals surface area contributed by atoms with Crippen molar-refractivity contribution in [2.45, 2.75) is 45.3 Å². The van der Waals surface area contributed by atoms with Crippen molar-refractivity contribution in [3.05, 3.63) is 23.8 Å². The summed E-state index contributed by atoms with van der Waals surface area (Å²) in [5, 5.41) is 6.23. The monoisotopic (exact) mass is 504 g/mol. The van der Waals surface area contributed by atoms with Crippen LogP contribution in [-0.4, -0.2) is 57.2 Å². The molecule has 0 saturated heterocycles. The van der Waals surface area contributed by atoms with Crippen LogP contribution in [0.25, 0.3) is 0 Å². The number of nitrogens with zero attached hydrogens (tertiary/aromatic N) is 2. The Morgan fingerprint density at radius 1 is 1.25 bits per heavy atom. The summed E-state index contributed by atoms with van der Waals surface area (Å²) in [6, 6.07) is 5.86. The third-order valence-electron chi connectivity index (χ3n) is 4.52. The highest BCUT2D eigenvalue weighted by atomic mass is 127. The number of likely N-dealkylation sites (N-methyl/N-ethyl adjacent to an activating group) is 1. The largest absolute Gasteiger partial charge is 0.493 e. The van der Waals surface area contributed by atoms with E-state index in [1.54, 1.807) is 26.1 Å². The summed E-state index contributed by atoms with van der Waals surface area (Å²) >= 11 is 0. The Bertz CT molecular complexity index is 646. The third kappa shape index (κ3) is 7.37. The lowest BCUT2D eigenvalue weighted by Gasteiger charge is -2.19. The molecule has 0 bridgehead atoms. The van der Waals surface area contributed by atoms with Gasteiger partial charge in [-0.05, 0) is 38.7 Å². The summed E-state index contributed by atoms with van der Waals surface area (Å²) in [5.74, 6) is 2.10. The lowest BCUT2D eigenvalue weighted by atomic mass is 10.1. The lowest BCUT2D eigenvalue weighted by molar-refractivity contribution is -0.127. The summed E-state index contributed by atoms with van der Waals surface area (Å²) in [7, 11) is 5.12. The van der Waals surface area contributed by atoms with Crippen LogP contribution in [0.3, 0.4) is 0 Å². The first-order valence-electron chi connectivity index (χ1n) is 9.60. The average Bonchev–Trinajstić information content (AvgIpc) is 3.17. The molecule has 1 aromatic rings. The third-order valence-corrected chi connectivity index (χ3v) is 4.52. The first-order chi connectivity index (χ1) is 13.0. The number of guanidine groups is 1. The molecule has 0 spiro atoms. The Morgan fingerprint density at radius 3 is 2.57 bits per heavy atom. The van der Waals surface area contributed by atoms with E-state index in [0.29, 0.717) is 19.0 Å². The highest BCUT2D eigenvalue weighted by Gasteiger charge is 2.20. The fourth-order valence-electron chi connectivity index (χ4n) is 2.98. The number of halogens is 1. The van der Waals surface area contributed by atoms with E-state index in [1.165, 1.54) is 12.8 Å². The maximum atomic E-state index is 11.8. The molecule has 1 aliphatic carbocycles. The summed E-state index contributed by atoms with van der Waals surface area (Å²) in [6.45, 7) is 3.34. The molecular formula is C20H33IN4O3. The predicted molar refractivity (Wildman–Crippen MR) is 123 cm³/mol. The van der Waals surface area contributed by atoms with Gasteiger partial charge in [-0.2, -0.15) is 0 Å². The molecule has 7 nitrogen and oxygen atoms in total. The lowest BCUT2D eigenvalue weighted by Crippen LogP contribution is -2.42. The normalized spacial score (nSPS) is 14.2. The van der Waals surface area contributed by atoms with Gasteiger partial charge < -0.3 is 25.0 Å². The molecule has 1 amide bonds. The van der Waals surface area contributed by atoms with Crippen molar-refractivity contribution in [2.24, 2.45) is 4.99 Å². The van der Waals surface area contributed by atoms with Crippen molar-refractivity contribution in [3.63, 3.8) is 0 Å². The Hall–Kier alpha value is -1.71. The number of hydrogen-bond acceptors (Lipinski definition) is 4. The van der Waals surface area contributed by atoms with Gasteiger partial charge in [-0.25, -0.2) is 4.99 Å². The maximum absolute atomic E-state index is 11.8. The molecule has 0 heterocycles. The molecule has 8 heteroatoms. The van der Waals surface area contributed by atoms with Gasteiger partial charge >= 0.3 is 0 Å². The van der Waals surface area contributed by atoms with Crippen LogP contribution >= 0.6 is 24.0 Å². The summed E-state index contributed by atoms with van der Waals surface area (Å²) in [6.07, 6.45) is 4.83. The number of carbonyl (C=O) groups excluding carboxylic acids is 1. The Kier molecular flexibility index (Phi) is 11.0. The standard InChI is InChI=1S/C20H32N4O3.HI/c1-5-21-20(23-14-18(25)24(2)3)22-13-15-9-8-12-17(26-4)19(15)27-16-10-6-7-11-16;/h8-9,12,16H,5-7,10-11,13-14H2,1-4H3,(H2,21,22,23);1H. The van der Waals surface area contributed by atoms with E-state index in [0.717, 1.165) is 29.9 Å².